The number of fused-ring (bicyclic) bond motifs is 1. The van der Waals surface area contributed by atoms with Crippen LogP contribution in [0.4, 0.5) is 4.39 Å². The minimum atomic E-state index is -0.169. The Labute approximate surface area is 95.1 Å². The Kier molecular flexibility index (Phi) is 2.97. The highest BCUT2D eigenvalue weighted by molar-refractivity contribution is 5.84. The Morgan fingerprint density at radius 2 is 2.06 bits per heavy atom. The van der Waals surface area contributed by atoms with Crippen LogP contribution in [0.25, 0.3) is 10.9 Å². The van der Waals surface area contributed by atoms with E-state index in [-0.39, 0.29) is 5.82 Å². The molecule has 0 fully saturated rings. The van der Waals surface area contributed by atoms with Gasteiger partial charge in [0.1, 0.15) is 5.82 Å². The number of H-pyrrole nitrogens is 1. The second-order valence-corrected chi connectivity index (χ2v) is 4.47. The molecule has 1 aromatic heterocycles. The van der Waals surface area contributed by atoms with E-state index in [4.69, 9.17) is 0 Å². The van der Waals surface area contributed by atoms with Gasteiger partial charge in [-0.05, 0) is 51.2 Å². The molecule has 2 rings (SSSR count). The Bertz CT molecular complexity index is 500. The van der Waals surface area contributed by atoms with E-state index in [9.17, 15) is 4.39 Å². The van der Waals surface area contributed by atoms with Crippen LogP contribution in [0.5, 0.6) is 0 Å². The van der Waals surface area contributed by atoms with Crippen molar-refractivity contribution >= 4 is 10.9 Å². The average Bonchev–Trinajstić information content (AvgIpc) is 2.51. The van der Waals surface area contributed by atoms with Crippen molar-refractivity contribution in [3.63, 3.8) is 0 Å². The molecule has 0 aliphatic rings. The zero-order valence-electron chi connectivity index (χ0n) is 9.97. The second-order valence-electron chi connectivity index (χ2n) is 4.47. The van der Waals surface area contributed by atoms with Crippen molar-refractivity contribution in [1.29, 1.82) is 0 Å². The van der Waals surface area contributed by atoms with Gasteiger partial charge in [-0.1, -0.05) is 0 Å². The van der Waals surface area contributed by atoms with Crippen molar-refractivity contribution in [1.82, 2.24) is 9.88 Å². The van der Waals surface area contributed by atoms with Gasteiger partial charge in [0.25, 0.3) is 0 Å². The van der Waals surface area contributed by atoms with Gasteiger partial charge in [-0.2, -0.15) is 0 Å². The second kappa shape index (κ2) is 4.26. The lowest BCUT2D eigenvalue weighted by molar-refractivity contribution is 0.414. The van der Waals surface area contributed by atoms with E-state index in [1.165, 1.54) is 11.6 Å². The smallest absolute Gasteiger partial charge is 0.123 e. The van der Waals surface area contributed by atoms with Crippen molar-refractivity contribution in [2.75, 3.05) is 20.6 Å². The molecule has 0 unspecified atom stereocenters. The maximum Gasteiger partial charge on any atom is 0.123 e. The summed E-state index contributed by atoms with van der Waals surface area (Å²) in [5, 5.41) is 1.01. The van der Waals surface area contributed by atoms with E-state index in [0.717, 1.165) is 29.6 Å². The molecular formula is C13H17FN2. The largest absolute Gasteiger partial charge is 0.358 e. The molecule has 0 saturated heterocycles. The molecule has 0 radical (unpaired) electrons. The summed E-state index contributed by atoms with van der Waals surface area (Å²) in [6.07, 6.45) is 0.947. The number of hydrogen-bond acceptors (Lipinski definition) is 1. The number of halogens is 1. The molecule has 3 heteroatoms. The summed E-state index contributed by atoms with van der Waals surface area (Å²) >= 11 is 0. The van der Waals surface area contributed by atoms with Gasteiger partial charge >= 0.3 is 0 Å². The highest BCUT2D eigenvalue weighted by atomic mass is 19.1. The van der Waals surface area contributed by atoms with Crippen molar-refractivity contribution in [2.45, 2.75) is 13.3 Å². The van der Waals surface area contributed by atoms with Gasteiger partial charge in [0.15, 0.2) is 0 Å². The lowest BCUT2D eigenvalue weighted by atomic mass is 10.1. The van der Waals surface area contributed by atoms with Gasteiger partial charge < -0.3 is 9.88 Å². The van der Waals surface area contributed by atoms with Crippen molar-refractivity contribution in [2.24, 2.45) is 0 Å². The summed E-state index contributed by atoms with van der Waals surface area (Å²) < 4.78 is 13.2. The number of benzene rings is 1. The minimum absolute atomic E-state index is 0.169. The van der Waals surface area contributed by atoms with Gasteiger partial charge in [-0.3, -0.25) is 0 Å². The highest BCUT2D eigenvalue weighted by Crippen LogP contribution is 2.23. The predicted octanol–water partition coefficient (Wildman–Crippen LogP) is 2.72. The van der Waals surface area contributed by atoms with Crippen LogP contribution >= 0.6 is 0 Å². The third-order valence-corrected chi connectivity index (χ3v) is 2.89. The van der Waals surface area contributed by atoms with Crippen LogP contribution < -0.4 is 0 Å². The number of aryl methyl sites for hydroxylation is 1. The molecule has 1 heterocycles. The van der Waals surface area contributed by atoms with E-state index in [1.807, 2.05) is 21.0 Å². The average molecular weight is 220 g/mol. The molecule has 0 amide bonds. The Morgan fingerprint density at radius 1 is 1.31 bits per heavy atom. The lowest BCUT2D eigenvalue weighted by Crippen LogP contribution is -2.15. The Balaban J connectivity index is 2.42. The summed E-state index contributed by atoms with van der Waals surface area (Å²) in [6.45, 7) is 3.02. The van der Waals surface area contributed by atoms with Gasteiger partial charge in [-0.25, -0.2) is 4.39 Å². The number of nitrogens with zero attached hydrogens (tertiary/aromatic N) is 1. The summed E-state index contributed by atoms with van der Waals surface area (Å²) in [5.41, 5.74) is 3.39. The van der Waals surface area contributed by atoms with Crippen LogP contribution in [-0.4, -0.2) is 30.5 Å². The third-order valence-electron chi connectivity index (χ3n) is 2.89. The van der Waals surface area contributed by atoms with Gasteiger partial charge in [0.05, 0.1) is 0 Å². The van der Waals surface area contributed by atoms with Gasteiger partial charge in [0.2, 0.25) is 0 Å². The first-order valence-corrected chi connectivity index (χ1v) is 5.49. The normalized spacial score (nSPS) is 11.6. The first-order valence-electron chi connectivity index (χ1n) is 5.49. The molecule has 86 valence electrons. The predicted molar refractivity (Wildman–Crippen MR) is 65.3 cm³/mol. The topological polar surface area (TPSA) is 19.0 Å². The molecule has 0 aliphatic carbocycles. The number of rotatable bonds is 3. The Morgan fingerprint density at radius 3 is 2.75 bits per heavy atom. The molecule has 0 bridgehead atoms. The van der Waals surface area contributed by atoms with Crippen molar-refractivity contribution in [3.8, 4) is 0 Å². The fourth-order valence-corrected chi connectivity index (χ4v) is 2.01. The first-order chi connectivity index (χ1) is 7.58. The maximum atomic E-state index is 13.2. The van der Waals surface area contributed by atoms with Gasteiger partial charge in [0, 0.05) is 23.1 Å². The molecular weight excluding hydrogens is 203 g/mol. The van der Waals surface area contributed by atoms with E-state index in [1.54, 1.807) is 12.1 Å². The van der Waals surface area contributed by atoms with Crippen LogP contribution in [-0.2, 0) is 6.42 Å². The molecule has 16 heavy (non-hydrogen) atoms. The van der Waals surface area contributed by atoms with Gasteiger partial charge in [-0.15, -0.1) is 0 Å². The van der Waals surface area contributed by atoms with Crippen LogP contribution in [0, 0.1) is 12.7 Å². The standard InChI is InChI=1S/C13H17FN2/c1-9-11(6-7-16(2)3)12-8-10(14)4-5-13(12)15-9/h4-5,8,15H,6-7H2,1-3H3. The molecule has 0 saturated carbocycles. The summed E-state index contributed by atoms with van der Waals surface area (Å²) in [6, 6.07) is 4.91. The lowest BCUT2D eigenvalue weighted by Gasteiger charge is -2.09. The van der Waals surface area contributed by atoms with Crippen LogP contribution in [0.3, 0.4) is 0 Å². The summed E-state index contributed by atoms with van der Waals surface area (Å²) in [7, 11) is 4.09. The molecule has 1 N–H and O–H groups in total. The molecule has 0 spiro atoms. The van der Waals surface area contributed by atoms with Crippen molar-refractivity contribution < 1.29 is 4.39 Å². The molecule has 2 aromatic rings. The van der Waals surface area contributed by atoms with Crippen LogP contribution in [0.1, 0.15) is 11.3 Å². The number of aromatic nitrogens is 1. The highest BCUT2D eigenvalue weighted by Gasteiger charge is 2.09. The maximum absolute atomic E-state index is 13.2. The molecule has 0 aliphatic heterocycles. The zero-order valence-corrected chi connectivity index (χ0v) is 9.97. The number of likely N-dealkylation sites (N-methyl/N-ethyl adjacent to an activating group) is 1. The minimum Gasteiger partial charge on any atom is -0.358 e. The third kappa shape index (κ3) is 2.09. The molecule has 0 atom stereocenters. The fraction of sp³-hybridized carbons (Fsp3) is 0.385. The SMILES string of the molecule is Cc1[nH]c2ccc(F)cc2c1CCN(C)C. The monoisotopic (exact) mass is 220 g/mol. The number of hydrogen-bond donors (Lipinski definition) is 1. The van der Waals surface area contributed by atoms with E-state index in [2.05, 4.69) is 9.88 Å². The Hall–Kier alpha value is -1.35. The summed E-state index contributed by atoms with van der Waals surface area (Å²) in [4.78, 5) is 5.43. The number of nitrogens with one attached hydrogen (secondary N) is 1. The quantitative estimate of drug-likeness (QED) is 0.842. The van der Waals surface area contributed by atoms with Crippen LogP contribution in [0.2, 0.25) is 0 Å². The first kappa shape index (κ1) is 11.1. The molecule has 2 nitrogen and oxygen atoms in total. The fourth-order valence-electron chi connectivity index (χ4n) is 2.01. The van der Waals surface area contributed by atoms with E-state index in [0.29, 0.717) is 0 Å². The molecule has 1 aromatic carbocycles. The van der Waals surface area contributed by atoms with Crippen molar-refractivity contribution in [3.05, 3.63) is 35.3 Å². The van der Waals surface area contributed by atoms with Crippen LogP contribution in [0.15, 0.2) is 18.2 Å². The zero-order chi connectivity index (χ0) is 11.7. The summed E-state index contributed by atoms with van der Waals surface area (Å²) in [5.74, 6) is -0.169. The van der Waals surface area contributed by atoms with E-state index >= 15 is 0 Å². The number of aromatic amines is 1. The van der Waals surface area contributed by atoms with E-state index < -0.39 is 0 Å².